The Morgan fingerprint density at radius 3 is 1.98 bits per heavy atom. The summed E-state index contributed by atoms with van der Waals surface area (Å²) in [6, 6.07) is 15.4. The van der Waals surface area contributed by atoms with Crippen LogP contribution in [0, 0.1) is 10.8 Å². The molecule has 0 spiro atoms. The first-order chi connectivity index (χ1) is 20.2. The van der Waals surface area contributed by atoms with Crippen LogP contribution in [0.3, 0.4) is 0 Å². The Kier molecular flexibility index (Phi) is 10.2. The summed E-state index contributed by atoms with van der Waals surface area (Å²) in [5.41, 5.74) is 0.994. The lowest BCUT2D eigenvalue weighted by atomic mass is 9.73. The molecule has 4 aromatic rings. The van der Waals surface area contributed by atoms with Crippen LogP contribution in [0.2, 0.25) is 10.0 Å². The fourth-order valence-corrected chi connectivity index (χ4v) is 5.64. The van der Waals surface area contributed by atoms with Crippen molar-refractivity contribution in [3.05, 3.63) is 101 Å². The van der Waals surface area contributed by atoms with Gasteiger partial charge in [0, 0.05) is 10.0 Å². The molecule has 2 aromatic heterocycles. The summed E-state index contributed by atoms with van der Waals surface area (Å²) in [6.45, 7) is 11.2. The molecule has 2 aromatic carbocycles. The highest BCUT2D eigenvalue weighted by atomic mass is 35.5. The van der Waals surface area contributed by atoms with Gasteiger partial charge in [0.1, 0.15) is 30.9 Å². The van der Waals surface area contributed by atoms with Crippen LogP contribution >= 0.6 is 23.2 Å². The Hall–Kier alpha value is -3.04. The van der Waals surface area contributed by atoms with Crippen molar-refractivity contribution in [2.75, 3.05) is 0 Å². The number of benzene rings is 2. The van der Waals surface area contributed by atoms with Crippen molar-refractivity contribution in [1.29, 1.82) is 0 Å². The molecule has 230 valence electrons. The van der Waals surface area contributed by atoms with Gasteiger partial charge in [-0.3, -0.25) is 4.68 Å². The molecular formula is C33H42Cl2N6O2. The van der Waals surface area contributed by atoms with Crippen molar-refractivity contribution in [1.82, 2.24) is 29.5 Å². The maximum atomic E-state index is 11.4. The summed E-state index contributed by atoms with van der Waals surface area (Å²) in [4.78, 5) is 7.91. The molecule has 2 heterocycles. The minimum Gasteiger partial charge on any atom is -0.387 e. The van der Waals surface area contributed by atoms with E-state index >= 15 is 0 Å². The van der Waals surface area contributed by atoms with Crippen molar-refractivity contribution in [2.45, 2.75) is 84.6 Å². The molecule has 1 fully saturated rings. The van der Waals surface area contributed by atoms with Gasteiger partial charge in [0.2, 0.25) is 0 Å². The molecule has 0 amide bonds. The molecule has 8 nitrogen and oxygen atoms in total. The molecule has 0 saturated heterocycles. The number of aromatic nitrogens is 6. The minimum absolute atomic E-state index is 0.211. The second-order valence-electron chi connectivity index (χ2n) is 13.1. The van der Waals surface area contributed by atoms with E-state index in [1.807, 2.05) is 69.3 Å². The van der Waals surface area contributed by atoms with Crippen molar-refractivity contribution < 1.29 is 10.2 Å². The molecule has 0 radical (unpaired) electrons. The standard InChI is InChI=1S/C17H20ClN3O.C16H22ClN3O/c1-16(2)8-7-14(9-13-3-5-15(18)6-4-13)17(16,22)10-21-12-19-11-20-21;1-15(2,3)16(21,10-20-12-18-11-19-20)9-8-13-4-6-14(17)7-5-13/h3-6,9,11-12,22H,7-8,10H2,1-2H3;4-7,11-12,21H,8-10H2,1-3H3/b14-9+;. The topological polar surface area (TPSA) is 102 Å². The first kappa shape index (κ1) is 32.9. The van der Waals surface area contributed by atoms with E-state index in [0.29, 0.717) is 24.5 Å². The lowest BCUT2D eigenvalue weighted by Crippen LogP contribution is -2.47. The molecule has 1 aliphatic carbocycles. The zero-order valence-corrected chi connectivity index (χ0v) is 27.1. The summed E-state index contributed by atoms with van der Waals surface area (Å²) in [5, 5.41) is 32.2. The third kappa shape index (κ3) is 8.12. The predicted octanol–water partition coefficient (Wildman–Crippen LogP) is 6.91. The largest absolute Gasteiger partial charge is 0.387 e. The van der Waals surface area contributed by atoms with Gasteiger partial charge in [-0.15, -0.1) is 0 Å². The SMILES string of the molecule is CC(C)(C)C(O)(CCc1ccc(Cl)cc1)Cn1cncn1.CC1(C)CC/C(=C\c2ccc(Cl)cc2)C1(O)Cn1cncn1. The molecule has 2 unspecified atom stereocenters. The van der Waals surface area contributed by atoms with E-state index < -0.39 is 11.2 Å². The quantitative estimate of drug-likeness (QED) is 0.221. The molecule has 0 aliphatic heterocycles. The normalized spacial score (nSPS) is 20.4. The third-order valence-electron chi connectivity index (χ3n) is 8.77. The van der Waals surface area contributed by atoms with E-state index in [1.165, 1.54) is 18.2 Å². The molecule has 1 aliphatic rings. The maximum absolute atomic E-state index is 11.4. The number of halogens is 2. The zero-order chi connectivity index (χ0) is 31.3. The van der Waals surface area contributed by atoms with Gasteiger partial charge in [-0.2, -0.15) is 10.2 Å². The number of hydrogen-bond donors (Lipinski definition) is 2. The minimum atomic E-state index is -0.930. The highest BCUT2D eigenvalue weighted by molar-refractivity contribution is 6.30. The van der Waals surface area contributed by atoms with Crippen LogP contribution in [0.25, 0.3) is 6.08 Å². The van der Waals surface area contributed by atoms with E-state index in [0.717, 1.165) is 35.4 Å². The highest BCUT2D eigenvalue weighted by Crippen LogP contribution is 2.50. The van der Waals surface area contributed by atoms with Gasteiger partial charge in [0.05, 0.1) is 18.7 Å². The number of aryl methyl sites for hydroxylation is 1. The summed E-state index contributed by atoms with van der Waals surface area (Å²) in [5.74, 6) is 0. The smallest absolute Gasteiger partial charge is 0.137 e. The van der Waals surface area contributed by atoms with Crippen LogP contribution in [0.15, 0.2) is 79.4 Å². The molecule has 2 atom stereocenters. The average molecular weight is 626 g/mol. The fraction of sp³-hybridized carbons (Fsp3) is 0.455. The number of rotatable bonds is 8. The van der Waals surface area contributed by atoms with Gasteiger partial charge >= 0.3 is 0 Å². The molecular weight excluding hydrogens is 583 g/mol. The Labute approximate surface area is 264 Å². The van der Waals surface area contributed by atoms with Crippen LogP contribution in [0.1, 0.15) is 65.0 Å². The predicted molar refractivity (Wildman–Crippen MR) is 172 cm³/mol. The van der Waals surface area contributed by atoms with Gasteiger partial charge in [-0.05, 0) is 77.5 Å². The zero-order valence-electron chi connectivity index (χ0n) is 25.6. The molecule has 1 saturated carbocycles. The van der Waals surface area contributed by atoms with E-state index in [-0.39, 0.29) is 10.8 Å². The van der Waals surface area contributed by atoms with Crippen LogP contribution in [0.4, 0.5) is 0 Å². The third-order valence-corrected chi connectivity index (χ3v) is 9.27. The van der Waals surface area contributed by atoms with Gasteiger partial charge in [-0.1, -0.05) is 88.2 Å². The lowest BCUT2D eigenvalue weighted by Gasteiger charge is -2.40. The summed E-state index contributed by atoms with van der Waals surface area (Å²) in [7, 11) is 0. The van der Waals surface area contributed by atoms with Gasteiger partial charge in [0.25, 0.3) is 0 Å². The van der Waals surface area contributed by atoms with E-state index in [2.05, 4.69) is 40.1 Å². The number of nitrogens with zero attached hydrogens (tertiary/aromatic N) is 6. The summed E-state index contributed by atoms with van der Waals surface area (Å²) < 4.78 is 3.38. The molecule has 43 heavy (non-hydrogen) atoms. The molecule has 0 bridgehead atoms. The first-order valence-electron chi connectivity index (χ1n) is 14.5. The van der Waals surface area contributed by atoms with Crippen molar-refractivity contribution in [3.63, 3.8) is 0 Å². The van der Waals surface area contributed by atoms with Gasteiger partial charge in [-0.25, -0.2) is 14.6 Å². The Balaban J connectivity index is 0.000000197. The summed E-state index contributed by atoms with van der Waals surface area (Å²) in [6.07, 6.45) is 11.6. The van der Waals surface area contributed by atoms with E-state index in [4.69, 9.17) is 23.2 Å². The monoisotopic (exact) mass is 624 g/mol. The fourth-order valence-electron chi connectivity index (χ4n) is 5.39. The second kappa shape index (κ2) is 13.3. The van der Waals surface area contributed by atoms with Crippen molar-refractivity contribution >= 4 is 29.3 Å². The lowest BCUT2D eigenvalue weighted by molar-refractivity contribution is -0.0796. The van der Waals surface area contributed by atoms with Crippen molar-refractivity contribution in [2.24, 2.45) is 10.8 Å². The molecule has 10 heteroatoms. The van der Waals surface area contributed by atoms with Crippen LogP contribution in [-0.4, -0.2) is 50.9 Å². The number of aliphatic hydroxyl groups is 2. The maximum Gasteiger partial charge on any atom is 0.137 e. The van der Waals surface area contributed by atoms with Crippen LogP contribution in [-0.2, 0) is 19.5 Å². The van der Waals surface area contributed by atoms with Gasteiger partial charge in [0.15, 0.2) is 0 Å². The van der Waals surface area contributed by atoms with E-state index in [9.17, 15) is 10.2 Å². The second-order valence-corrected chi connectivity index (χ2v) is 13.9. The van der Waals surface area contributed by atoms with Gasteiger partial charge < -0.3 is 10.2 Å². The Bertz CT molecular complexity index is 1460. The highest BCUT2D eigenvalue weighted by Gasteiger charge is 2.51. The van der Waals surface area contributed by atoms with E-state index in [1.54, 1.807) is 22.0 Å². The first-order valence-corrected chi connectivity index (χ1v) is 15.3. The van der Waals surface area contributed by atoms with Crippen LogP contribution < -0.4 is 0 Å². The summed E-state index contributed by atoms with van der Waals surface area (Å²) >= 11 is 11.8. The Morgan fingerprint density at radius 1 is 0.884 bits per heavy atom. The van der Waals surface area contributed by atoms with Crippen molar-refractivity contribution in [3.8, 4) is 0 Å². The van der Waals surface area contributed by atoms with Crippen LogP contribution in [0.5, 0.6) is 0 Å². The molecule has 5 rings (SSSR count). The Morgan fingerprint density at radius 2 is 1.44 bits per heavy atom. The average Bonchev–Trinajstić information content (AvgIpc) is 3.69. The number of hydrogen-bond acceptors (Lipinski definition) is 6. The molecule has 2 N–H and O–H groups in total.